The zero-order valence-electron chi connectivity index (χ0n) is 14.7. The Balaban J connectivity index is 1.54. The van der Waals surface area contributed by atoms with E-state index in [0.29, 0.717) is 0 Å². The number of carbonyl (C=O) groups excluding carboxylic acids is 1. The van der Waals surface area contributed by atoms with Gasteiger partial charge in [0.25, 0.3) is 5.91 Å². The summed E-state index contributed by atoms with van der Waals surface area (Å²) in [5.74, 6) is 3.36. The Morgan fingerprint density at radius 3 is 2.77 bits per heavy atom. The first-order chi connectivity index (χ1) is 12.8. The summed E-state index contributed by atoms with van der Waals surface area (Å²) in [7, 11) is 0. The zero-order valence-corrected chi connectivity index (χ0v) is 14.7. The molecule has 0 aliphatic carbocycles. The molecule has 1 atom stereocenters. The average molecular weight is 346 g/mol. The van der Waals surface area contributed by atoms with Gasteiger partial charge >= 0.3 is 0 Å². The molecule has 1 saturated heterocycles. The van der Waals surface area contributed by atoms with E-state index in [9.17, 15) is 4.79 Å². The van der Waals surface area contributed by atoms with E-state index in [4.69, 9.17) is 11.2 Å². The number of benzene rings is 2. The van der Waals surface area contributed by atoms with E-state index in [0.717, 1.165) is 49.5 Å². The monoisotopic (exact) mass is 346 g/mol. The Morgan fingerprint density at radius 2 is 1.96 bits per heavy atom. The van der Waals surface area contributed by atoms with Crippen molar-refractivity contribution in [3.05, 3.63) is 65.2 Å². The average Bonchev–Trinajstić information content (AvgIpc) is 2.67. The van der Waals surface area contributed by atoms with Gasteiger partial charge in [-0.3, -0.25) is 9.69 Å². The highest BCUT2D eigenvalue weighted by Gasteiger charge is 2.37. The van der Waals surface area contributed by atoms with Gasteiger partial charge in [0, 0.05) is 43.3 Å². The summed E-state index contributed by atoms with van der Waals surface area (Å²) >= 11 is 0. The van der Waals surface area contributed by atoms with Crippen LogP contribution in [-0.4, -0.2) is 48.0 Å². The number of terminal acetylenes is 1. The van der Waals surface area contributed by atoms with Crippen LogP contribution in [0.4, 0.5) is 0 Å². The van der Waals surface area contributed by atoms with Crippen molar-refractivity contribution >= 4 is 5.91 Å². The van der Waals surface area contributed by atoms with Gasteiger partial charge in [-0.2, -0.15) is 0 Å². The third kappa shape index (κ3) is 3.18. The first-order valence-electron chi connectivity index (χ1n) is 9.01. The van der Waals surface area contributed by atoms with Gasteiger partial charge in [-0.05, 0) is 24.1 Å². The lowest BCUT2D eigenvalue weighted by Crippen LogP contribution is -2.57. The second-order valence-corrected chi connectivity index (χ2v) is 6.85. The largest absolute Gasteiger partial charge is 0.481 e. The van der Waals surface area contributed by atoms with Crippen LogP contribution in [-0.2, 0) is 13.0 Å². The van der Waals surface area contributed by atoms with E-state index < -0.39 is 0 Å². The van der Waals surface area contributed by atoms with Gasteiger partial charge in [-0.25, -0.2) is 0 Å². The van der Waals surface area contributed by atoms with Crippen LogP contribution in [0.5, 0.6) is 5.75 Å². The molecule has 2 aromatic carbocycles. The molecular formula is C22H22N2O2. The fraction of sp³-hybridized carbons (Fsp3) is 0.318. The molecule has 4 heteroatoms. The molecule has 26 heavy (non-hydrogen) atoms. The van der Waals surface area contributed by atoms with Crippen molar-refractivity contribution in [1.29, 1.82) is 0 Å². The Labute approximate surface area is 154 Å². The van der Waals surface area contributed by atoms with E-state index in [1.165, 1.54) is 5.56 Å². The Morgan fingerprint density at radius 1 is 1.12 bits per heavy atom. The highest BCUT2D eigenvalue weighted by molar-refractivity contribution is 5.98. The predicted molar refractivity (Wildman–Crippen MR) is 101 cm³/mol. The maximum absolute atomic E-state index is 13.0. The smallest absolute Gasteiger partial charge is 0.254 e. The number of amides is 1. The summed E-state index contributed by atoms with van der Waals surface area (Å²) in [6.45, 7) is 3.69. The van der Waals surface area contributed by atoms with Crippen molar-refractivity contribution in [3.8, 4) is 18.1 Å². The SMILES string of the molecule is C#CCOc1cccc2c1C[C@@H]1CN(Cc3ccccc3)CCN1C2=O. The number of ether oxygens (including phenoxy) is 1. The molecule has 4 rings (SSSR count). The van der Waals surface area contributed by atoms with Crippen LogP contribution < -0.4 is 4.74 Å². The number of hydrogen-bond donors (Lipinski definition) is 0. The van der Waals surface area contributed by atoms with Gasteiger partial charge in [0.1, 0.15) is 12.4 Å². The molecule has 2 aromatic rings. The van der Waals surface area contributed by atoms with Crippen molar-refractivity contribution in [3.63, 3.8) is 0 Å². The molecule has 2 aliphatic heterocycles. The van der Waals surface area contributed by atoms with Crippen molar-refractivity contribution < 1.29 is 9.53 Å². The van der Waals surface area contributed by atoms with Crippen molar-refractivity contribution in [2.75, 3.05) is 26.2 Å². The maximum Gasteiger partial charge on any atom is 0.254 e. The number of nitrogens with zero attached hydrogens (tertiary/aromatic N) is 2. The Hall–Kier alpha value is -2.77. The lowest BCUT2D eigenvalue weighted by molar-refractivity contribution is 0.0399. The van der Waals surface area contributed by atoms with E-state index in [1.807, 2.05) is 29.2 Å². The zero-order chi connectivity index (χ0) is 17.9. The molecule has 0 saturated carbocycles. The fourth-order valence-electron chi connectivity index (χ4n) is 3.97. The molecule has 2 aliphatic rings. The lowest BCUT2D eigenvalue weighted by Gasteiger charge is -2.44. The molecule has 0 spiro atoms. The topological polar surface area (TPSA) is 32.8 Å². The number of rotatable bonds is 4. The van der Waals surface area contributed by atoms with Gasteiger partial charge in [0.15, 0.2) is 0 Å². The number of fused-ring (bicyclic) bond motifs is 2. The summed E-state index contributed by atoms with van der Waals surface area (Å²) in [5.41, 5.74) is 3.06. The molecule has 2 heterocycles. The van der Waals surface area contributed by atoms with Crippen LogP contribution in [0.2, 0.25) is 0 Å². The summed E-state index contributed by atoms with van der Waals surface area (Å²) in [6, 6.07) is 16.3. The fourth-order valence-corrected chi connectivity index (χ4v) is 3.97. The molecule has 0 radical (unpaired) electrons. The normalized spacial score (nSPS) is 19.4. The summed E-state index contributed by atoms with van der Waals surface area (Å²) in [6.07, 6.45) is 6.13. The second-order valence-electron chi connectivity index (χ2n) is 6.85. The molecule has 1 amide bonds. The minimum atomic E-state index is 0.113. The standard InChI is InChI=1S/C22H22N2O2/c1-2-13-26-21-10-6-9-19-20(21)14-18-16-23(11-12-24(18)22(19)25)15-17-7-4-3-5-8-17/h1,3-10,18H,11-16H2/t18-/m1/s1. The van der Waals surface area contributed by atoms with Gasteiger partial charge in [0.2, 0.25) is 0 Å². The summed E-state index contributed by atoms with van der Waals surface area (Å²) < 4.78 is 5.68. The molecule has 0 unspecified atom stereocenters. The Kier molecular flexibility index (Phi) is 4.64. The van der Waals surface area contributed by atoms with Crippen molar-refractivity contribution in [2.45, 2.75) is 19.0 Å². The third-order valence-corrected chi connectivity index (χ3v) is 5.19. The molecule has 0 bridgehead atoms. The van der Waals surface area contributed by atoms with Crippen LogP contribution in [0.25, 0.3) is 0 Å². The second kappa shape index (κ2) is 7.23. The Bertz CT molecular complexity index is 841. The number of piperazine rings is 1. The first-order valence-corrected chi connectivity index (χ1v) is 9.01. The lowest BCUT2D eigenvalue weighted by atomic mass is 9.91. The molecule has 132 valence electrons. The molecule has 0 aromatic heterocycles. The molecule has 4 nitrogen and oxygen atoms in total. The quantitative estimate of drug-likeness (QED) is 0.798. The van der Waals surface area contributed by atoms with Gasteiger partial charge in [-0.1, -0.05) is 42.3 Å². The van der Waals surface area contributed by atoms with Gasteiger partial charge < -0.3 is 9.64 Å². The molecule has 0 N–H and O–H groups in total. The van der Waals surface area contributed by atoms with Crippen molar-refractivity contribution in [1.82, 2.24) is 9.80 Å². The minimum Gasteiger partial charge on any atom is -0.481 e. The van der Waals surface area contributed by atoms with Crippen LogP contribution in [0.3, 0.4) is 0 Å². The van der Waals surface area contributed by atoms with Crippen LogP contribution in [0.1, 0.15) is 21.5 Å². The first kappa shape index (κ1) is 16.7. The number of carbonyl (C=O) groups is 1. The summed E-state index contributed by atoms with van der Waals surface area (Å²) in [5, 5.41) is 0. The highest BCUT2D eigenvalue weighted by atomic mass is 16.5. The highest BCUT2D eigenvalue weighted by Crippen LogP contribution is 2.32. The number of hydrogen-bond acceptors (Lipinski definition) is 3. The van der Waals surface area contributed by atoms with E-state index >= 15 is 0 Å². The molecular weight excluding hydrogens is 324 g/mol. The van der Waals surface area contributed by atoms with Gasteiger partial charge in [0.05, 0.1) is 0 Å². The van der Waals surface area contributed by atoms with Crippen LogP contribution in [0.15, 0.2) is 48.5 Å². The minimum absolute atomic E-state index is 0.113. The van der Waals surface area contributed by atoms with Crippen LogP contribution in [0, 0.1) is 12.3 Å². The van der Waals surface area contributed by atoms with Gasteiger partial charge in [-0.15, -0.1) is 6.42 Å². The van der Waals surface area contributed by atoms with Crippen LogP contribution >= 0.6 is 0 Å². The predicted octanol–water partition coefficient (Wildman–Crippen LogP) is 2.58. The van der Waals surface area contributed by atoms with E-state index in [-0.39, 0.29) is 18.6 Å². The van der Waals surface area contributed by atoms with E-state index in [2.05, 4.69) is 35.1 Å². The van der Waals surface area contributed by atoms with E-state index in [1.54, 1.807) is 0 Å². The maximum atomic E-state index is 13.0. The summed E-state index contributed by atoms with van der Waals surface area (Å²) in [4.78, 5) is 17.4. The molecule has 1 fully saturated rings. The van der Waals surface area contributed by atoms with Crippen molar-refractivity contribution in [2.24, 2.45) is 0 Å². The third-order valence-electron chi connectivity index (χ3n) is 5.19.